The zero-order valence-electron chi connectivity index (χ0n) is 9.40. The van der Waals surface area contributed by atoms with Gasteiger partial charge >= 0.3 is 5.97 Å². The largest absolute Gasteiger partial charge is 0.481 e. The molecule has 1 N–H and O–H groups in total. The van der Waals surface area contributed by atoms with Gasteiger partial charge in [0.2, 0.25) is 0 Å². The highest BCUT2D eigenvalue weighted by molar-refractivity contribution is 5.94. The number of amides is 1. The van der Waals surface area contributed by atoms with Crippen molar-refractivity contribution in [1.82, 2.24) is 4.90 Å². The second kappa shape index (κ2) is 4.72. The molecule has 96 valence electrons. The molecule has 1 amide bonds. The Bertz CT molecular complexity index is 504. The second-order valence-electron chi connectivity index (χ2n) is 4.20. The van der Waals surface area contributed by atoms with Gasteiger partial charge in [0, 0.05) is 18.7 Å². The lowest BCUT2D eigenvalue weighted by molar-refractivity contribution is -0.141. The van der Waals surface area contributed by atoms with Crippen LogP contribution in [-0.2, 0) is 4.79 Å². The van der Waals surface area contributed by atoms with E-state index in [0.717, 1.165) is 12.1 Å². The maximum atomic E-state index is 13.0. The predicted molar refractivity (Wildman–Crippen MR) is 58.0 cm³/mol. The number of benzene rings is 1. The van der Waals surface area contributed by atoms with E-state index < -0.39 is 29.4 Å². The molecule has 18 heavy (non-hydrogen) atoms. The molecule has 1 saturated heterocycles. The topological polar surface area (TPSA) is 57.6 Å². The molecule has 1 aliphatic heterocycles. The summed E-state index contributed by atoms with van der Waals surface area (Å²) in [5.74, 6) is -4.11. The molecule has 2 rings (SSSR count). The van der Waals surface area contributed by atoms with Crippen molar-refractivity contribution >= 4 is 11.9 Å². The Morgan fingerprint density at radius 3 is 2.56 bits per heavy atom. The van der Waals surface area contributed by atoms with Gasteiger partial charge < -0.3 is 10.0 Å². The summed E-state index contributed by atoms with van der Waals surface area (Å²) >= 11 is 0. The third-order valence-corrected chi connectivity index (χ3v) is 2.99. The van der Waals surface area contributed by atoms with Crippen molar-refractivity contribution in [2.45, 2.75) is 6.42 Å². The Morgan fingerprint density at radius 2 is 2.00 bits per heavy atom. The van der Waals surface area contributed by atoms with E-state index in [2.05, 4.69) is 0 Å². The summed E-state index contributed by atoms with van der Waals surface area (Å²) in [4.78, 5) is 24.0. The van der Waals surface area contributed by atoms with Crippen molar-refractivity contribution in [2.24, 2.45) is 5.92 Å². The van der Waals surface area contributed by atoms with E-state index in [-0.39, 0.29) is 12.1 Å². The van der Waals surface area contributed by atoms with Gasteiger partial charge in [-0.25, -0.2) is 8.78 Å². The summed E-state index contributed by atoms with van der Waals surface area (Å²) in [5, 5.41) is 8.82. The molecular formula is C12H11F2NO3. The quantitative estimate of drug-likeness (QED) is 0.871. The van der Waals surface area contributed by atoms with Gasteiger partial charge in [-0.2, -0.15) is 0 Å². The fraction of sp³-hybridized carbons (Fsp3) is 0.333. The van der Waals surface area contributed by atoms with Gasteiger partial charge in [-0.3, -0.25) is 9.59 Å². The molecule has 1 aromatic carbocycles. The average Bonchev–Trinajstić information content (AvgIpc) is 2.81. The molecule has 0 radical (unpaired) electrons. The van der Waals surface area contributed by atoms with E-state index in [0.29, 0.717) is 13.0 Å². The minimum Gasteiger partial charge on any atom is -0.481 e. The van der Waals surface area contributed by atoms with Crippen LogP contribution in [-0.4, -0.2) is 35.0 Å². The zero-order valence-corrected chi connectivity index (χ0v) is 9.40. The van der Waals surface area contributed by atoms with Crippen molar-refractivity contribution in [2.75, 3.05) is 13.1 Å². The van der Waals surface area contributed by atoms with Crippen LogP contribution in [0.15, 0.2) is 18.2 Å². The minimum atomic E-state index is -1.09. The van der Waals surface area contributed by atoms with Crippen LogP contribution in [0.3, 0.4) is 0 Å². The lowest BCUT2D eigenvalue weighted by Crippen LogP contribution is -2.30. The number of hydrogen-bond donors (Lipinski definition) is 1. The van der Waals surface area contributed by atoms with E-state index in [4.69, 9.17) is 5.11 Å². The van der Waals surface area contributed by atoms with E-state index in [1.807, 2.05) is 0 Å². The molecule has 0 aliphatic carbocycles. The van der Waals surface area contributed by atoms with Crippen molar-refractivity contribution in [3.8, 4) is 0 Å². The van der Waals surface area contributed by atoms with E-state index in [1.54, 1.807) is 0 Å². The normalized spacial score (nSPS) is 19.0. The number of aliphatic carboxylic acids is 1. The van der Waals surface area contributed by atoms with E-state index >= 15 is 0 Å². The molecule has 0 aromatic heterocycles. The number of carbonyl (C=O) groups is 2. The molecule has 1 heterocycles. The molecule has 1 aromatic rings. The number of likely N-dealkylation sites (tertiary alicyclic amines) is 1. The molecule has 1 atom stereocenters. The van der Waals surface area contributed by atoms with Crippen LogP contribution < -0.4 is 0 Å². The van der Waals surface area contributed by atoms with E-state index in [1.165, 1.54) is 11.0 Å². The van der Waals surface area contributed by atoms with Gasteiger partial charge in [-0.15, -0.1) is 0 Å². The monoisotopic (exact) mass is 255 g/mol. The summed E-state index contributed by atoms with van der Waals surface area (Å²) in [5.41, 5.74) is 0.0277. The number of carbonyl (C=O) groups excluding carboxylic acids is 1. The molecule has 0 bridgehead atoms. The standard InChI is InChI=1S/C12H11F2NO3/c13-9-2-1-7(5-10(9)14)11(16)15-4-3-8(6-15)12(17)18/h1-2,5,8H,3-4,6H2,(H,17,18)/t8-/m1/s1. The third kappa shape index (κ3) is 2.32. The van der Waals surface area contributed by atoms with Gasteiger partial charge in [0.25, 0.3) is 5.91 Å². The number of rotatable bonds is 2. The molecule has 0 spiro atoms. The van der Waals surface area contributed by atoms with Crippen molar-refractivity contribution in [3.63, 3.8) is 0 Å². The average molecular weight is 255 g/mol. The van der Waals surface area contributed by atoms with Crippen molar-refractivity contribution in [1.29, 1.82) is 0 Å². The molecular weight excluding hydrogens is 244 g/mol. The first-order chi connectivity index (χ1) is 8.49. The Morgan fingerprint density at radius 1 is 1.28 bits per heavy atom. The van der Waals surface area contributed by atoms with Crippen molar-refractivity contribution in [3.05, 3.63) is 35.4 Å². The smallest absolute Gasteiger partial charge is 0.308 e. The number of hydrogen-bond acceptors (Lipinski definition) is 2. The molecule has 0 unspecified atom stereocenters. The number of nitrogens with zero attached hydrogens (tertiary/aromatic N) is 1. The SMILES string of the molecule is O=C(O)[C@@H]1CCN(C(=O)c2ccc(F)c(F)c2)C1. The van der Waals surface area contributed by atoms with Crippen LogP contribution in [0.5, 0.6) is 0 Å². The third-order valence-electron chi connectivity index (χ3n) is 2.99. The number of carboxylic acid groups (broad SMARTS) is 1. The van der Waals surface area contributed by atoms with Crippen LogP contribution in [0.4, 0.5) is 8.78 Å². The predicted octanol–water partition coefficient (Wildman–Crippen LogP) is 1.51. The highest BCUT2D eigenvalue weighted by Crippen LogP contribution is 2.19. The first-order valence-corrected chi connectivity index (χ1v) is 5.46. The fourth-order valence-electron chi connectivity index (χ4n) is 1.96. The second-order valence-corrected chi connectivity index (χ2v) is 4.20. The van der Waals surface area contributed by atoms with Gasteiger partial charge in [0.15, 0.2) is 11.6 Å². The first-order valence-electron chi connectivity index (χ1n) is 5.46. The first kappa shape index (κ1) is 12.5. The van der Waals surface area contributed by atoms with Crippen LogP contribution in [0.1, 0.15) is 16.8 Å². The Labute approximate surface area is 102 Å². The number of halogens is 2. The lowest BCUT2D eigenvalue weighted by atomic mass is 10.1. The van der Waals surface area contributed by atoms with Gasteiger partial charge in [-0.1, -0.05) is 0 Å². The maximum Gasteiger partial charge on any atom is 0.308 e. The van der Waals surface area contributed by atoms with Gasteiger partial charge in [0.05, 0.1) is 5.92 Å². The molecule has 0 saturated carbocycles. The molecule has 4 nitrogen and oxygen atoms in total. The lowest BCUT2D eigenvalue weighted by Gasteiger charge is -2.15. The van der Waals surface area contributed by atoms with Crippen LogP contribution in [0.25, 0.3) is 0 Å². The van der Waals surface area contributed by atoms with Crippen molar-refractivity contribution < 1.29 is 23.5 Å². The molecule has 1 fully saturated rings. The fourth-order valence-corrected chi connectivity index (χ4v) is 1.96. The Kier molecular flexibility index (Phi) is 3.27. The van der Waals surface area contributed by atoms with Crippen LogP contribution in [0, 0.1) is 17.6 Å². The summed E-state index contributed by atoms with van der Waals surface area (Å²) in [7, 11) is 0. The summed E-state index contributed by atoms with van der Waals surface area (Å²) in [6, 6.07) is 2.90. The Hall–Kier alpha value is -1.98. The molecule has 6 heteroatoms. The summed E-state index contributed by atoms with van der Waals surface area (Å²) in [6.45, 7) is 0.419. The van der Waals surface area contributed by atoms with Gasteiger partial charge in [-0.05, 0) is 24.6 Å². The van der Waals surface area contributed by atoms with Crippen LogP contribution >= 0.6 is 0 Å². The number of carboxylic acids is 1. The highest BCUT2D eigenvalue weighted by atomic mass is 19.2. The van der Waals surface area contributed by atoms with Crippen LogP contribution in [0.2, 0.25) is 0 Å². The van der Waals surface area contributed by atoms with Gasteiger partial charge in [0.1, 0.15) is 0 Å². The minimum absolute atomic E-state index is 0.0277. The summed E-state index contributed by atoms with van der Waals surface area (Å²) in [6.07, 6.45) is 0.380. The highest BCUT2D eigenvalue weighted by Gasteiger charge is 2.31. The summed E-state index contributed by atoms with van der Waals surface area (Å²) < 4.78 is 25.7. The molecule has 1 aliphatic rings. The zero-order chi connectivity index (χ0) is 13.3. The van der Waals surface area contributed by atoms with E-state index in [9.17, 15) is 18.4 Å². The Balaban J connectivity index is 2.12. The maximum absolute atomic E-state index is 13.0.